The molecule has 4 rings (SSSR count). The molecular formula is C27H28N2O5. The molecule has 0 unspecified atom stereocenters. The van der Waals surface area contributed by atoms with Crippen LogP contribution < -0.4 is 9.64 Å². The second kappa shape index (κ2) is 9.17. The van der Waals surface area contributed by atoms with Gasteiger partial charge in [0.05, 0.1) is 17.7 Å². The van der Waals surface area contributed by atoms with E-state index in [4.69, 9.17) is 9.26 Å². The molecule has 0 bridgehead atoms. The number of aryl methyl sites for hydroxylation is 1. The zero-order valence-corrected chi connectivity index (χ0v) is 19.9. The van der Waals surface area contributed by atoms with Gasteiger partial charge in [-0.05, 0) is 62.1 Å². The lowest BCUT2D eigenvalue weighted by Crippen LogP contribution is -2.29. The molecule has 176 valence electrons. The molecule has 0 saturated carbocycles. The standard InChI is InChI=1S/C27H28N2O5/c1-15(2)18-6-8-19(9-7-18)24-23(25(30)20-10-12-21(13-11-20)33-16(3)4)26(31)27(32)29(24)22-14-17(5)34-28-22/h6-16,24,30H,1-5H3/b25-23+/t24-/m0/s1. The van der Waals surface area contributed by atoms with Crippen molar-refractivity contribution in [1.29, 1.82) is 0 Å². The van der Waals surface area contributed by atoms with Crippen molar-refractivity contribution in [2.24, 2.45) is 0 Å². The summed E-state index contributed by atoms with van der Waals surface area (Å²) in [5.41, 5.74) is 2.22. The Morgan fingerprint density at radius 3 is 2.21 bits per heavy atom. The van der Waals surface area contributed by atoms with Gasteiger partial charge < -0.3 is 14.4 Å². The highest BCUT2D eigenvalue weighted by Gasteiger charge is 2.48. The third-order valence-electron chi connectivity index (χ3n) is 5.73. The van der Waals surface area contributed by atoms with E-state index < -0.39 is 17.7 Å². The van der Waals surface area contributed by atoms with E-state index in [1.54, 1.807) is 37.3 Å². The number of Topliss-reactive ketones (excluding diaryl/α,β-unsaturated/α-hetero) is 1. The van der Waals surface area contributed by atoms with Crippen LogP contribution in [-0.4, -0.2) is 28.1 Å². The van der Waals surface area contributed by atoms with Gasteiger partial charge in [-0.25, -0.2) is 0 Å². The van der Waals surface area contributed by atoms with Crippen molar-refractivity contribution >= 4 is 23.3 Å². The molecule has 1 saturated heterocycles. The van der Waals surface area contributed by atoms with Crippen LogP contribution in [-0.2, 0) is 9.59 Å². The number of nitrogens with zero attached hydrogens (tertiary/aromatic N) is 2. The van der Waals surface area contributed by atoms with Crippen LogP contribution >= 0.6 is 0 Å². The molecule has 1 N–H and O–H groups in total. The fourth-order valence-corrected chi connectivity index (χ4v) is 4.03. The third-order valence-corrected chi connectivity index (χ3v) is 5.73. The Hall–Kier alpha value is -3.87. The Labute approximate surface area is 198 Å². The van der Waals surface area contributed by atoms with E-state index >= 15 is 0 Å². The van der Waals surface area contributed by atoms with Crippen molar-refractivity contribution in [2.75, 3.05) is 4.90 Å². The van der Waals surface area contributed by atoms with Crippen molar-refractivity contribution < 1.29 is 24.0 Å². The molecule has 0 aliphatic carbocycles. The molecule has 34 heavy (non-hydrogen) atoms. The smallest absolute Gasteiger partial charge is 0.301 e. The number of rotatable bonds is 6. The maximum Gasteiger partial charge on any atom is 0.301 e. The summed E-state index contributed by atoms with van der Waals surface area (Å²) in [7, 11) is 0. The van der Waals surface area contributed by atoms with Gasteiger partial charge in [0.2, 0.25) is 0 Å². The molecule has 1 fully saturated rings. The average Bonchev–Trinajstić information content (AvgIpc) is 3.34. The number of aliphatic hydroxyl groups excluding tert-OH is 1. The summed E-state index contributed by atoms with van der Waals surface area (Å²) >= 11 is 0. The van der Waals surface area contributed by atoms with Crippen molar-refractivity contribution in [2.45, 2.75) is 52.7 Å². The van der Waals surface area contributed by atoms with Gasteiger partial charge in [-0.15, -0.1) is 0 Å². The van der Waals surface area contributed by atoms with Crippen LogP contribution in [0.4, 0.5) is 5.82 Å². The first kappa shape index (κ1) is 23.3. The van der Waals surface area contributed by atoms with Gasteiger partial charge in [0.1, 0.15) is 17.3 Å². The van der Waals surface area contributed by atoms with E-state index in [0.29, 0.717) is 28.6 Å². The molecule has 3 aromatic rings. The summed E-state index contributed by atoms with van der Waals surface area (Å²) in [6.07, 6.45) is 0.00417. The summed E-state index contributed by atoms with van der Waals surface area (Å²) in [6, 6.07) is 15.2. The highest BCUT2D eigenvalue weighted by atomic mass is 16.5. The fraction of sp³-hybridized carbons (Fsp3) is 0.296. The zero-order valence-electron chi connectivity index (χ0n) is 19.9. The molecule has 2 aromatic carbocycles. The maximum atomic E-state index is 13.2. The van der Waals surface area contributed by atoms with E-state index in [-0.39, 0.29) is 23.3 Å². The number of benzene rings is 2. The van der Waals surface area contributed by atoms with Gasteiger partial charge in [-0.2, -0.15) is 0 Å². The number of hydrogen-bond acceptors (Lipinski definition) is 6. The molecule has 0 radical (unpaired) electrons. The van der Waals surface area contributed by atoms with Gasteiger partial charge >= 0.3 is 5.91 Å². The fourth-order valence-electron chi connectivity index (χ4n) is 4.03. The van der Waals surface area contributed by atoms with Gasteiger partial charge in [0.15, 0.2) is 5.82 Å². The van der Waals surface area contributed by atoms with Crippen LogP contribution in [0.5, 0.6) is 5.75 Å². The minimum atomic E-state index is -0.850. The highest BCUT2D eigenvalue weighted by molar-refractivity contribution is 6.51. The van der Waals surface area contributed by atoms with Crippen molar-refractivity contribution in [1.82, 2.24) is 5.16 Å². The largest absolute Gasteiger partial charge is 0.507 e. The second-order valence-electron chi connectivity index (χ2n) is 8.98. The van der Waals surface area contributed by atoms with Gasteiger partial charge in [-0.1, -0.05) is 43.3 Å². The molecular weight excluding hydrogens is 432 g/mol. The SMILES string of the molecule is Cc1cc(N2C(=O)C(=O)/C(=C(/O)c3ccc(OC(C)C)cc3)[C@@H]2c2ccc(C(C)C)cc2)no1. The predicted octanol–water partition coefficient (Wildman–Crippen LogP) is 5.52. The number of hydrogen-bond donors (Lipinski definition) is 1. The van der Waals surface area contributed by atoms with E-state index in [9.17, 15) is 14.7 Å². The molecule has 1 amide bonds. The number of carbonyl (C=O) groups excluding carboxylic acids is 2. The molecule has 1 aromatic heterocycles. The van der Waals surface area contributed by atoms with Crippen LogP contribution in [0, 0.1) is 6.92 Å². The van der Waals surface area contributed by atoms with Crippen LogP contribution in [0.15, 0.2) is 64.7 Å². The molecule has 7 nitrogen and oxygen atoms in total. The minimum Gasteiger partial charge on any atom is -0.507 e. The number of ketones is 1. The first-order valence-electron chi connectivity index (χ1n) is 11.3. The zero-order chi connectivity index (χ0) is 24.6. The molecule has 1 atom stereocenters. The Morgan fingerprint density at radius 2 is 1.68 bits per heavy atom. The molecule has 1 aliphatic heterocycles. The second-order valence-corrected chi connectivity index (χ2v) is 8.98. The van der Waals surface area contributed by atoms with Crippen LogP contribution in [0.1, 0.15) is 62.1 Å². The summed E-state index contributed by atoms with van der Waals surface area (Å²) < 4.78 is 10.8. The van der Waals surface area contributed by atoms with Gasteiger partial charge in [-0.3, -0.25) is 14.5 Å². The average molecular weight is 461 g/mol. The number of ether oxygens (including phenoxy) is 1. The normalized spacial score (nSPS) is 17.7. The van der Waals surface area contributed by atoms with Gasteiger partial charge in [0.25, 0.3) is 5.78 Å². The first-order valence-corrected chi connectivity index (χ1v) is 11.3. The molecule has 2 heterocycles. The summed E-state index contributed by atoms with van der Waals surface area (Å²) in [6.45, 7) is 9.73. The predicted molar refractivity (Wildman–Crippen MR) is 129 cm³/mol. The summed E-state index contributed by atoms with van der Waals surface area (Å²) in [4.78, 5) is 27.6. The van der Waals surface area contributed by atoms with Crippen molar-refractivity contribution in [3.05, 3.63) is 82.6 Å². The van der Waals surface area contributed by atoms with Crippen LogP contribution in [0.2, 0.25) is 0 Å². The van der Waals surface area contributed by atoms with E-state index in [1.807, 2.05) is 38.1 Å². The summed E-state index contributed by atoms with van der Waals surface area (Å²) in [5.74, 6) is -0.110. The molecule has 1 aliphatic rings. The van der Waals surface area contributed by atoms with Crippen LogP contribution in [0.3, 0.4) is 0 Å². The lowest BCUT2D eigenvalue weighted by molar-refractivity contribution is -0.132. The number of aromatic nitrogens is 1. The third kappa shape index (κ3) is 4.33. The maximum absolute atomic E-state index is 13.2. The Bertz CT molecular complexity index is 1240. The van der Waals surface area contributed by atoms with Crippen LogP contribution in [0.25, 0.3) is 5.76 Å². The minimum absolute atomic E-state index is 0.000443. The lowest BCUT2D eigenvalue weighted by atomic mass is 9.93. The van der Waals surface area contributed by atoms with E-state index in [1.165, 1.54) is 4.90 Å². The Kier molecular flexibility index (Phi) is 6.28. The van der Waals surface area contributed by atoms with E-state index in [0.717, 1.165) is 5.56 Å². The van der Waals surface area contributed by atoms with Gasteiger partial charge in [0, 0.05) is 11.6 Å². The molecule has 0 spiro atoms. The monoisotopic (exact) mass is 460 g/mol. The first-order chi connectivity index (χ1) is 16.2. The lowest BCUT2D eigenvalue weighted by Gasteiger charge is -2.23. The number of carbonyl (C=O) groups is 2. The van der Waals surface area contributed by atoms with Crippen molar-refractivity contribution in [3.63, 3.8) is 0 Å². The van der Waals surface area contributed by atoms with Crippen molar-refractivity contribution in [3.8, 4) is 5.75 Å². The summed E-state index contributed by atoms with van der Waals surface area (Å²) in [5, 5.41) is 15.2. The molecule has 7 heteroatoms. The quantitative estimate of drug-likeness (QED) is 0.296. The Balaban J connectivity index is 1.84. The van der Waals surface area contributed by atoms with E-state index in [2.05, 4.69) is 19.0 Å². The highest BCUT2D eigenvalue weighted by Crippen LogP contribution is 2.42. The number of aliphatic hydroxyl groups is 1. The number of anilines is 1. The Morgan fingerprint density at radius 1 is 1.03 bits per heavy atom. The topological polar surface area (TPSA) is 92.9 Å². The number of amides is 1.